The molecule has 21 heavy (non-hydrogen) atoms. The van der Waals surface area contributed by atoms with Gasteiger partial charge in [-0.05, 0) is 12.1 Å². The lowest BCUT2D eigenvalue weighted by atomic mass is 10.2. The third-order valence-electron chi connectivity index (χ3n) is 3.27. The van der Waals surface area contributed by atoms with Crippen molar-refractivity contribution in [2.45, 2.75) is 19.9 Å². The second-order valence-electron chi connectivity index (χ2n) is 4.60. The molecule has 0 fully saturated rings. The van der Waals surface area contributed by atoms with Gasteiger partial charge in [0.1, 0.15) is 12.3 Å². The Bertz CT molecular complexity index is 872. The Morgan fingerprint density at radius 3 is 2.95 bits per heavy atom. The molecule has 108 valence electrons. The summed E-state index contributed by atoms with van der Waals surface area (Å²) in [5.74, 6) is 0.00129. The predicted molar refractivity (Wildman–Crippen MR) is 74.5 cm³/mol. The first kappa shape index (κ1) is 13.2. The number of aromatic carboxylic acids is 1. The zero-order valence-electron chi connectivity index (χ0n) is 11.3. The summed E-state index contributed by atoms with van der Waals surface area (Å²) in [6, 6.07) is 4.71. The van der Waals surface area contributed by atoms with Crippen molar-refractivity contribution >= 4 is 17.0 Å². The Labute approximate surface area is 118 Å². The molecule has 0 aliphatic carbocycles. The monoisotopic (exact) mass is 287 g/mol. The van der Waals surface area contributed by atoms with Crippen molar-refractivity contribution in [2.24, 2.45) is 0 Å². The normalized spacial score (nSPS) is 11.1. The van der Waals surface area contributed by atoms with Crippen LogP contribution in [0.4, 0.5) is 0 Å². The maximum Gasteiger partial charge on any atom is 0.337 e. The van der Waals surface area contributed by atoms with Crippen molar-refractivity contribution in [1.82, 2.24) is 14.5 Å². The van der Waals surface area contributed by atoms with E-state index in [0.29, 0.717) is 23.3 Å². The number of H-pyrrole nitrogens is 1. The zero-order valence-corrected chi connectivity index (χ0v) is 11.3. The minimum atomic E-state index is -1.09. The number of carboxylic acid groups (broad SMARTS) is 1. The van der Waals surface area contributed by atoms with Crippen LogP contribution in [0.1, 0.15) is 28.9 Å². The molecule has 0 bridgehead atoms. The van der Waals surface area contributed by atoms with Crippen LogP contribution in [0, 0.1) is 0 Å². The average Bonchev–Trinajstić information content (AvgIpc) is 3.04. The summed E-state index contributed by atoms with van der Waals surface area (Å²) in [6.07, 6.45) is 2.31. The van der Waals surface area contributed by atoms with Gasteiger partial charge in [0.2, 0.25) is 5.89 Å². The number of fused-ring (bicyclic) bond motifs is 1. The van der Waals surface area contributed by atoms with Crippen molar-refractivity contribution in [3.05, 3.63) is 52.1 Å². The van der Waals surface area contributed by atoms with E-state index in [1.165, 1.54) is 10.6 Å². The third-order valence-corrected chi connectivity index (χ3v) is 3.27. The molecule has 3 rings (SSSR count). The predicted octanol–water partition coefficient (Wildman–Crippen LogP) is 1.63. The molecular weight excluding hydrogens is 274 g/mol. The average molecular weight is 287 g/mol. The second-order valence-corrected chi connectivity index (χ2v) is 4.60. The van der Waals surface area contributed by atoms with E-state index < -0.39 is 11.7 Å². The van der Waals surface area contributed by atoms with Gasteiger partial charge in [0.15, 0.2) is 0 Å². The van der Waals surface area contributed by atoms with E-state index in [2.05, 4.69) is 9.97 Å². The topological polar surface area (TPSA) is 101 Å². The maximum atomic E-state index is 12.0. The molecule has 0 amide bonds. The standard InChI is InChI=1S/C14H13N3O4/c1-2-8-6-15-11(21-8)7-17-12-9(13(18)19)4-3-5-10(12)16-14(17)20/h3-6H,2,7H2,1H3,(H,16,20)(H,18,19). The van der Waals surface area contributed by atoms with Gasteiger partial charge in [-0.25, -0.2) is 14.6 Å². The smallest absolute Gasteiger partial charge is 0.337 e. The molecule has 1 aromatic carbocycles. The number of oxazole rings is 1. The lowest BCUT2D eigenvalue weighted by Crippen LogP contribution is -2.18. The molecule has 0 aliphatic heterocycles. The lowest BCUT2D eigenvalue weighted by Gasteiger charge is -2.03. The highest BCUT2D eigenvalue weighted by Gasteiger charge is 2.17. The van der Waals surface area contributed by atoms with Crippen LogP contribution < -0.4 is 5.69 Å². The molecule has 0 radical (unpaired) electrons. The summed E-state index contributed by atoms with van der Waals surface area (Å²) in [5, 5.41) is 9.26. The summed E-state index contributed by atoms with van der Waals surface area (Å²) in [6.45, 7) is 2.02. The number of rotatable bonds is 4. The first-order valence-corrected chi connectivity index (χ1v) is 6.48. The molecule has 7 nitrogen and oxygen atoms in total. The number of hydrogen-bond donors (Lipinski definition) is 2. The van der Waals surface area contributed by atoms with Gasteiger partial charge in [-0.15, -0.1) is 0 Å². The van der Waals surface area contributed by atoms with Gasteiger partial charge in [-0.3, -0.25) is 4.57 Å². The number of hydrogen-bond acceptors (Lipinski definition) is 4. The maximum absolute atomic E-state index is 12.0. The van der Waals surface area contributed by atoms with Crippen LogP contribution in [0.15, 0.2) is 33.6 Å². The van der Waals surface area contributed by atoms with Gasteiger partial charge >= 0.3 is 11.7 Å². The molecule has 2 N–H and O–H groups in total. The largest absolute Gasteiger partial charge is 0.478 e. The summed E-state index contributed by atoms with van der Waals surface area (Å²) in [7, 11) is 0. The Morgan fingerprint density at radius 2 is 2.29 bits per heavy atom. The number of carbonyl (C=O) groups is 1. The molecule has 0 saturated carbocycles. The van der Waals surface area contributed by atoms with Gasteiger partial charge < -0.3 is 14.5 Å². The van der Waals surface area contributed by atoms with E-state index in [0.717, 1.165) is 5.76 Å². The fourth-order valence-corrected chi connectivity index (χ4v) is 2.26. The Balaban J connectivity index is 2.15. The van der Waals surface area contributed by atoms with Crippen molar-refractivity contribution < 1.29 is 14.3 Å². The van der Waals surface area contributed by atoms with Crippen LogP contribution in [-0.2, 0) is 13.0 Å². The van der Waals surface area contributed by atoms with Gasteiger partial charge in [0, 0.05) is 6.42 Å². The first-order chi connectivity index (χ1) is 10.1. The van der Waals surface area contributed by atoms with E-state index in [4.69, 9.17) is 4.42 Å². The zero-order chi connectivity index (χ0) is 15.0. The molecular formula is C14H13N3O4. The number of imidazole rings is 1. The number of aromatic amines is 1. The molecule has 2 aromatic heterocycles. The number of benzene rings is 1. The Hall–Kier alpha value is -2.83. The van der Waals surface area contributed by atoms with Crippen molar-refractivity contribution in [2.75, 3.05) is 0 Å². The molecule has 0 spiro atoms. The molecule has 0 aliphatic rings. The van der Waals surface area contributed by atoms with Gasteiger partial charge in [0.05, 0.1) is 22.8 Å². The van der Waals surface area contributed by atoms with Gasteiger partial charge in [-0.1, -0.05) is 13.0 Å². The Kier molecular flexibility index (Phi) is 3.09. The molecule has 0 saturated heterocycles. The fraction of sp³-hybridized carbons (Fsp3) is 0.214. The fourth-order valence-electron chi connectivity index (χ4n) is 2.26. The highest BCUT2D eigenvalue weighted by molar-refractivity contribution is 6.01. The minimum absolute atomic E-state index is 0.0631. The molecule has 3 aromatic rings. The number of aryl methyl sites for hydroxylation is 1. The number of nitrogens with one attached hydrogen (secondary N) is 1. The number of aromatic nitrogens is 3. The third kappa shape index (κ3) is 2.22. The second kappa shape index (κ2) is 4.93. The van der Waals surface area contributed by atoms with Crippen LogP contribution in [-0.4, -0.2) is 25.6 Å². The number of carboxylic acids is 1. The van der Waals surface area contributed by atoms with Crippen molar-refractivity contribution in [1.29, 1.82) is 0 Å². The lowest BCUT2D eigenvalue weighted by molar-refractivity contribution is 0.0698. The Morgan fingerprint density at radius 1 is 1.48 bits per heavy atom. The van der Waals surface area contributed by atoms with Crippen molar-refractivity contribution in [3.8, 4) is 0 Å². The van der Waals surface area contributed by atoms with E-state index in [9.17, 15) is 14.7 Å². The highest BCUT2D eigenvalue weighted by atomic mass is 16.4. The molecule has 0 unspecified atom stereocenters. The first-order valence-electron chi connectivity index (χ1n) is 6.48. The van der Waals surface area contributed by atoms with E-state index in [1.807, 2.05) is 6.92 Å². The van der Waals surface area contributed by atoms with Crippen LogP contribution in [0.5, 0.6) is 0 Å². The van der Waals surface area contributed by atoms with Crippen LogP contribution in [0.2, 0.25) is 0 Å². The van der Waals surface area contributed by atoms with Crippen LogP contribution in [0.25, 0.3) is 11.0 Å². The van der Waals surface area contributed by atoms with E-state index in [-0.39, 0.29) is 12.1 Å². The van der Waals surface area contributed by atoms with E-state index in [1.54, 1.807) is 18.3 Å². The quantitative estimate of drug-likeness (QED) is 0.759. The van der Waals surface area contributed by atoms with Crippen LogP contribution in [0.3, 0.4) is 0 Å². The number of nitrogens with zero attached hydrogens (tertiary/aromatic N) is 2. The van der Waals surface area contributed by atoms with Gasteiger partial charge in [0.25, 0.3) is 0 Å². The highest BCUT2D eigenvalue weighted by Crippen LogP contribution is 2.17. The molecule has 0 atom stereocenters. The van der Waals surface area contributed by atoms with Gasteiger partial charge in [-0.2, -0.15) is 0 Å². The summed E-state index contributed by atoms with van der Waals surface area (Å²) >= 11 is 0. The molecule has 2 heterocycles. The summed E-state index contributed by atoms with van der Waals surface area (Å²) in [4.78, 5) is 30.1. The SMILES string of the molecule is CCc1cnc(Cn2c(=O)[nH]c3cccc(C(=O)O)c32)o1. The van der Waals surface area contributed by atoms with Crippen molar-refractivity contribution in [3.63, 3.8) is 0 Å². The summed E-state index contributed by atoms with van der Waals surface area (Å²) in [5.41, 5.74) is 0.483. The summed E-state index contributed by atoms with van der Waals surface area (Å²) < 4.78 is 6.80. The van der Waals surface area contributed by atoms with Crippen LogP contribution >= 0.6 is 0 Å². The van der Waals surface area contributed by atoms with E-state index >= 15 is 0 Å². The molecule has 7 heteroatoms. The minimum Gasteiger partial charge on any atom is -0.478 e. The number of para-hydroxylation sites is 1.